The number of rotatable bonds is 9. The van der Waals surface area contributed by atoms with Crippen LogP contribution in [0.2, 0.25) is 5.02 Å². The quantitative estimate of drug-likeness (QED) is 0.529. The van der Waals surface area contributed by atoms with Gasteiger partial charge < -0.3 is 10.2 Å². The monoisotopic (exact) mass is 460 g/mol. The second kappa shape index (κ2) is 11.6. The number of thioether (sulfide) groups is 1. The molecule has 0 aliphatic rings. The number of halogens is 1. The average Bonchev–Trinajstić information content (AvgIpc) is 2.69. The van der Waals surface area contributed by atoms with Gasteiger partial charge in [0, 0.05) is 22.9 Å². The van der Waals surface area contributed by atoms with Gasteiger partial charge in [-0.3, -0.25) is 9.59 Å². The predicted molar refractivity (Wildman–Crippen MR) is 131 cm³/mol. The highest BCUT2D eigenvalue weighted by Crippen LogP contribution is 2.20. The van der Waals surface area contributed by atoms with Gasteiger partial charge in [0.05, 0.1) is 5.75 Å². The van der Waals surface area contributed by atoms with E-state index in [4.69, 9.17) is 11.6 Å². The van der Waals surface area contributed by atoms with Crippen LogP contribution < -0.4 is 5.32 Å². The lowest BCUT2D eigenvalue weighted by molar-refractivity contribution is -0.140. The molecule has 2 amide bonds. The minimum Gasteiger partial charge on any atom is -0.350 e. The van der Waals surface area contributed by atoms with Crippen LogP contribution in [0.5, 0.6) is 0 Å². The van der Waals surface area contributed by atoms with Crippen LogP contribution in [0.3, 0.4) is 0 Å². The maximum Gasteiger partial charge on any atom is 0.243 e. The molecule has 0 aliphatic heterocycles. The van der Waals surface area contributed by atoms with Crippen molar-refractivity contribution in [1.82, 2.24) is 10.2 Å². The van der Waals surface area contributed by atoms with Crippen LogP contribution in [0.1, 0.15) is 50.8 Å². The molecule has 0 spiro atoms. The highest BCUT2D eigenvalue weighted by atomic mass is 35.5. The van der Waals surface area contributed by atoms with E-state index in [0.717, 1.165) is 16.7 Å². The van der Waals surface area contributed by atoms with Crippen molar-refractivity contribution in [1.29, 1.82) is 0 Å². The van der Waals surface area contributed by atoms with Crippen molar-refractivity contribution in [2.45, 2.75) is 64.9 Å². The molecule has 0 heterocycles. The molecule has 0 bridgehead atoms. The summed E-state index contributed by atoms with van der Waals surface area (Å²) in [6.07, 6.45) is 0.557. The van der Waals surface area contributed by atoms with Crippen molar-refractivity contribution in [2.24, 2.45) is 0 Å². The van der Waals surface area contributed by atoms with Crippen LogP contribution in [0.4, 0.5) is 0 Å². The Morgan fingerprint density at radius 3 is 2.32 bits per heavy atom. The predicted octanol–water partition coefficient (Wildman–Crippen LogP) is 5.60. The number of hydrogen-bond acceptors (Lipinski definition) is 3. The van der Waals surface area contributed by atoms with E-state index in [1.165, 1.54) is 0 Å². The first-order chi connectivity index (χ1) is 14.6. The number of nitrogens with zero attached hydrogens (tertiary/aromatic N) is 1. The van der Waals surface area contributed by atoms with Gasteiger partial charge in [0.2, 0.25) is 11.8 Å². The number of amides is 2. The molecule has 0 fully saturated rings. The fourth-order valence-electron chi connectivity index (χ4n) is 3.26. The summed E-state index contributed by atoms with van der Waals surface area (Å²) in [4.78, 5) is 28.0. The molecule has 4 nitrogen and oxygen atoms in total. The van der Waals surface area contributed by atoms with Crippen molar-refractivity contribution in [2.75, 3.05) is 5.75 Å². The van der Waals surface area contributed by atoms with Gasteiger partial charge in [-0.2, -0.15) is 0 Å². The third kappa shape index (κ3) is 8.23. The van der Waals surface area contributed by atoms with Gasteiger partial charge in [0.1, 0.15) is 6.04 Å². The van der Waals surface area contributed by atoms with Gasteiger partial charge in [-0.1, -0.05) is 54.9 Å². The maximum absolute atomic E-state index is 13.3. The van der Waals surface area contributed by atoms with Crippen LogP contribution in [-0.2, 0) is 21.9 Å². The lowest BCUT2D eigenvalue weighted by atomic mass is 10.0. The molecule has 2 aromatic rings. The minimum absolute atomic E-state index is 0.0295. The summed E-state index contributed by atoms with van der Waals surface area (Å²) in [5.41, 5.74) is 2.93. The SMILES string of the molecule is CC[C@H](C(=O)NC(C)(C)C)N(Cc1ccccc1C)C(=O)CSCc1ccc(Cl)cc1. The number of carbonyl (C=O) groups is 2. The molecule has 2 aromatic carbocycles. The van der Waals surface area contributed by atoms with Gasteiger partial charge in [-0.15, -0.1) is 11.8 Å². The van der Waals surface area contributed by atoms with E-state index in [0.29, 0.717) is 29.5 Å². The molecule has 2 rings (SSSR count). The molecule has 1 atom stereocenters. The summed E-state index contributed by atoms with van der Waals surface area (Å²) in [6.45, 7) is 10.3. The Balaban J connectivity index is 2.16. The molecule has 0 saturated heterocycles. The number of benzene rings is 2. The largest absolute Gasteiger partial charge is 0.350 e. The standard InChI is InChI=1S/C25H33ClN2O2S/c1-6-22(24(30)27-25(3,4)5)28(15-20-10-8-7-9-18(20)2)23(29)17-31-16-19-11-13-21(26)14-12-19/h7-14,22H,6,15-17H2,1-5H3,(H,27,30)/t22-/m1/s1. The number of carbonyl (C=O) groups excluding carboxylic acids is 2. The van der Waals surface area contributed by atoms with Crippen LogP contribution in [0, 0.1) is 6.92 Å². The smallest absolute Gasteiger partial charge is 0.243 e. The first kappa shape index (κ1) is 25.3. The van der Waals surface area contributed by atoms with Gasteiger partial charge in [-0.25, -0.2) is 0 Å². The molecular weight excluding hydrogens is 428 g/mol. The second-order valence-electron chi connectivity index (χ2n) is 8.73. The van der Waals surface area contributed by atoms with E-state index in [1.54, 1.807) is 16.7 Å². The Hall–Kier alpha value is -1.98. The van der Waals surface area contributed by atoms with Crippen LogP contribution in [0.15, 0.2) is 48.5 Å². The first-order valence-corrected chi connectivity index (χ1v) is 12.1. The maximum atomic E-state index is 13.3. The van der Waals surface area contributed by atoms with Gasteiger partial charge in [0.15, 0.2) is 0 Å². The van der Waals surface area contributed by atoms with E-state index < -0.39 is 6.04 Å². The molecule has 0 unspecified atom stereocenters. The van der Waals surface area contributed by atoms with Crippen molar-refractivity contribution >= 4 is 35.2 Å². The van der Waals surface area contributed by atoms with Crippen LogP contribution in [0.25, 0.3) is 0 Å². The number of aryl methyl sites for hydroxylation is 1. The summed E-state index contributed by atoms with van der Waals surface area (Å²) >= 11 is 7.50. The van der Waals surface area contributed by atoms with Crippen LogP contribution >= 0.6 is 23.4 Å². The van der Waals surface area contributed by atoms with Gasteiger partial charge in [-0.05, 0) is 62.9 Å². The second-order valence-corrected chi connectivity index (χ2v) is 10.2. The fraction of sp³-hybridized carbons (Fsp3) is 0.440. The molecule has 168 valence electrons. The third-order valence-corrected chi connectivity index (χ3v) is 6.13. The minimum atomic E-state index is -0.512. The van der Waals surface area contributed by atoms with Gasteiger partial charge in [0.25, 0.3) is 0 Å². The first-order valence-electron chi connectivity index (χ1n) is 10.6. The molecule has 0 aliphatic carbocycles. The van der Waals surface area contributed by atoms with E-state index in [2.05, 4.69) is 5.32 Å². The third-order valence-electron chi connectivity index (χ3n) is 4.89. The summed E-state index contributed by atoms with van der Waals surface area (Å²) in [7, 11) is 0. The fourth-order valence-corrected chi connectivity index (χ4v) is 4.26. The average molecular weight is 461 g/mol. The highest BCUT2D eigenvalue weighted by molar-refractivity contribution is 7.99. The van der Waals surface area contributed by atoms with Crippen molar-refractivity contribution in [3.8, 4) is 0 Å². The molecule has 6 heteroatoms. The Bertz CT molecular complexity index is 878. The summed E-state index contributed by atoms with van der Waals surface area (Å²) in [5.74, 6) is 0.887. The van der Waals surface area contributed by atoms with Crippen molar-refractivity contribution in [3.05, 3.63) is 70.2 Å². The number of hydrogen-bond donors (Lipinski definition) is 1. The molecular formula is C25H33ClN2O2S. The Morgan fingerprint density at radius 1 is 1.10 bits per heavy atom. The van der Waals surface area contributed by atoms with E-state index in [9.17, 15) is 9.59 Å². The van der Waals surface area contributed by atoms with Crippen molar-refractivity contribution < 1.29 is 9.59 Å². The Labute approximate surface area is 195 Å². The zero-order valence-electron chi connectivity index (χ0n) is 19.1. The topological polar surface area (TPSA) is 49.4 Å². The summed E-state index contributed by atoms with van der Waals surface area (Å²) in [6, 6.07) is 15.1. The molecule has 1 N–H and O–H groups in total. The van der Waals surface area contributed by atoms with Gasteiger partial charge >= 0.3 is 0 Å². The zero-order chi connectivity index (χ0) is 23.0. The normalized spacial score (nSPS) is 12.3. The Morgan fingerprint density at radius 2 is 1.74 bits per heavy atom. The lowest BCUT2D eigenvalue weighted by Crippen LogP contribution is -2.53. The van der Waals surface area contributed by atoms with E-state index in [1.807, 2.05) is 83.1 Å². The molecule has 31 heavy (non-hydrogen) atoms. The molecule has 0 radical (unpaired) electrons. The number of nitrogens with one attached hydrogen (secondary N) is 1. The summed E-state index contributed by atoms with van der Waals surface area (Å²) in [5, 5.41) is 3.74. The van der Waals surface area contributed by atoms with Crippen molar-refractivity contribution in [3.63, 3.8) is 0 Å². The lowest BCUT2D eigenvalue weighted by Gasteiger charge is -2.33. The Kier molecular flexibility index (Phi) is 9.45. The highest BCUT2D eigenvalue weighted by Gasteiger charge is 2.30. The van der Waals surface area contributed by atoms with E-state index in [-0.39, 0.29) is 17.4 Å². The van der Waals surface area contributed by atoms with Crippen LogP contribution in [-0.4, -0.2) is 34.0 Å². The molecule has 0 saturated carbocycles. The van der Waals surface area contributed by atoms with E-state index >= 15 is 0 Å². The summed E-state index contributed by atoms with van der Waals surface area (Å²) < 4.78 is 0. The zero-order valence-corrected chi connectivity index (χ0v) is 20.6. The molecule has 0 aromatic heterocycles.